The average molecular weight is 549 g/mol. The monoisotopic (exact) mass is 548 g/mol. The molecule has 0 saturated carbocycles. The van der Waals surface area contributed by atoms with Gasteiger partial charge in [0.1, 0.15) is 18.2 Å². The van der Waals surface area contributed by atoms with Crippen LogP contribution in [0.3, 0.4) is 0 Å². The zero-order valence-corrected chi connectivity index (χ0v) is 22.5. The van der Waals surface area contributed by atoms with Crippen molar-refractivity contribution in [3.05, 3.63) is 101 Å². The number of nitrogens with zero attached hydrogens (tertiary/aromatic N) is 3. The molecule has 2 amide bonds. The molecule has 0 bridgehead atoms. The molecule has 1 aromatic heterocycles. The molecule has 6 nitrogen and oxygen atoms in total. The van der Waals surface area contributed by atoms with Crippen molar-refractivity contribution in [3.8, 4) is 16.9 Å². The van der Waals surface area contributed by atoms with Crippen LogP contribution in [0.25, 0.3) is 16.9 Å². The second-order valence-electron chi connectivity index (χ2n) is 9.25. The fraction of sp³-hybridized carbons (Fsp3) is 0.207. The zero-order valence-electron chi connectivity index (χ0n) is 20.9. The van der Waals surface area contributed by atoms with Crippen molar-refractivity contribution in [2.24, 2.45) is 0 Å². The molecule has 5 rings (SSSR count). The second kappa shape index (κ2) is 11.0. The van der Waals surface area contributed by atoms with Crippen LogP contribution in [-0.2, 0) is 9.59 Å². The predicted molar refractivity (Wildman–Crippen MR) is 150 cm³/mol. The zero-order chi connectivity index (χ0) is 26.8. The number of hydrogen-bond acceptors (Lipinski definition) is 4. The van der Waals surface area contributed by atoms with Crippen molar-refractivity contribution in [1.82, 2.24) is 15.1 Å². The van der Waals surface area contributed by atoms with Gasteiger partial charge in [0.05, 0.1) is 22.4 Å². The van der Waals surface area contributed by atoms with E-state index in [-0.39, 0.29) is 41.2 Å². The standard InChI is InChI=1S/C29H26ClFN4O2S/c1-18(2)32-24(36)16-34-25(37)17-38-28(22-10-6-7-11-23(22)30)26-27(19-8-4-3-5-9-19)33-35(29(26)34)21-14-12-20(31)13-15-21/h3-15,18,28H,16-17H2,1-2H3,(H,32,36). The lowest BCUT2D eigenvalue weighted by Crippen LogP contribution is -2.44. The van der Waals surface area contributed by atoms with E-state index in [1.54, 1.807) is 16.8 Å². The quantitative estimate of drug-likeness (QED) is 0.320. The van der Waals surface area contributed by atoms with Crippen molar-refractivity contribution in [1.29, 1.82) is 0 Å². The van der Waals surface area contributed by atoms with Gasteiger partial charge >= 0.3 is 0 Å². The van der Waals surface area contributed by atoms with Gasteiger partial charge in [0.15, 0.2) is 0 Å². The summed E-state index contributed by atoms with van der Waals surface area (Å²) in [7, 11) is 0. The lowest BCUT2D eigenvalue weighted by Gasteiger charge is -2.24. The lowest BCUT2D eigenvalue weighted by molar-refractivity contribution is -0.123. The molecule has 4 aromatic rings. The summed E-state index contributed by atoms with van der Waals surface area (Å²) in [6, 6.07) is 23.0. The third-order valence-electron chi connectivity index (χ3n) is 6.15. The molecule has 38 heavy (non-hydrogen) atoms. The maximum Gasteiger partial charge on any atom is 0.240 e. The van der Waals surface area contributed by atoms with Crippen LogP contribution in [0.1, 0.15) is 30.2 Å². The number of anilines is 1. The highest BCUT2D eigenvalue weighted by Gasteiger charge is 2.38. The van der Waals surface area contributed by atoms with Crippen molar-refractivity contribution in [2.75, 3.05) is 17.2 Å². The highest BCUT2D eigenvalue weighted by Crippen LogP contribution is 2.49. The first-order valence-electron chi connectivity index (χ1n) is 12.2. The molecule has 0 radical (unpaired) electrons. The van der Waals surface area contributed by atoms with Crippen LogP contribution in [0.4, 0.5) is 10.2 Å². The number of halogens is 2. The molecule has 0 spiro atoms. The molecule has 194 valence electrons. The summed E-state index contributed by atoms with van der Waals surface area (Å²) < 4.78 is 15.5. The third kappa shape index (κ3) is 5.19. The first kappa shape index (κ1) is 26.0. The van der Waals surface area contributed by atoms with Crippen LogP contribution in [0, 0.1) is 5.82 Å². The van der Waals surface area contributed by atoms with Gasteiger partial charge in [-0.05, 0) is 49.7 Å². The molecule has 9 heteroatoms. The molecular weight excluding hydrogens is 523 g/mol. The Kier molecular flexibility index (Phi) is 7.53. The summed E-state index contributed by atoms with van der Waals surface area (Å²) in [5.41, 5.74) is 3.69. The van der Waals surface area contributed by atoms with E-state index in [1.165, 1.54) is 28.8 Å². The average Bonchev–Trinajstić information content (AvgIpc) is 3.22. The Morgan fingerprint density at radius 3 is 2.45 bits per heavy atom. The molecule has 0 saturated heterocycles. The Morgan fingerprint density at radius 2 is 1.76 bits per heavy atom. The first-order valence-corrected chi connectivity index (χ1v) is 13.7. The van der Waals surface area contributed by atoms with E-state index >= 15 is 0 Å². The molecule has 2 heterocycles. The van der Waals surface area contributed by atoms with E-state index in [4.69, 9.17) is 16.7 Å². The Labute approximate surface area is 229 Å². The van der Waals surface area contributed by atoms with Gasteiger partial charge in [-0.1, -0.05) is 60.1 Å². The molecule has 1 unspecified atom stereocenters. The lowest BCUT2D eigenvalue weighted by atomic mass is 9.99. The van der Waals surface area contributed by atoms with Crippen molar-refractivity contribution < 1.29 is 14.0 Å². The summed E-state index contributed by atoms with van der Waals surface area (Å²) in [6.07, 6.45) is 0. The SMILES string of the molecule is CC(C)NC(=O)CN1C(=O)CSC(c2ccccc2Cl)c2c(-c3ccccc3)nn(-c3ccc(F)cc3)c21. The second-order valence-corrected chi connectivity index (χ2v) is 10.8. The Hall–Kier alpha value is -3.62. The van der Waals surface area contributed by atoms with Crippen LogP contribution in [-0.4, -0.2) is 39.9 Å². The molecule has 1 aliphatic rings. The van der Waals surface area contributed by atoms with Crippen LogP contribution >= 0.6 is 23.4 Å². The molecule has 0 aliphatic carbocycles. The number of rotatable bonds is 6. The van der Waals surface area contributed by atoms with Crippen LogP contribution in [0.5, 0.6) is 0 Å². The van der Waals surface area contributed by atoms with E-state index in [2.05, 4.69) is 5.32 Å². The molecule has 3 aromatic carbocycles. The van der Waals surface area contributed by atoms with Gasteiger partial charge in [0.2, 0.25) is 11.8 Å². The maximum atomic E-state index is 13.9. The summed E-state index contributed by atoms with van der Waals surface area (Å²) in [5, 5.41) is 8.08. The van der Waals surface area contributed by atoms with Crippen molar-refractivity contribution in [3.63, 3.8) is 0 Å². The minimum atomic E-state index is -0.385. The Morgan fingerprint density at radius 1 is 1.08 bits per heavy atom. The van der Waals surface area contributed by atoms with E-state index in [0.717, 1.165) is 16.7 Å². The molecular formula is C29H26ClFN4O2S. The highest BCUT2D eigenvalue weighted by molar-refractivity contribution is 8.00. The fourth-order valence-electron chi connectivity index (χ4n) is 4.54. The van der Waals surface area contributed by atoms with Gasteiger partial charge in [-0.15, -0.1) is 11.8 Å². The minimum absolute atomic E-state index is 0.0869. The number of amides is 2. The van der Waals surface area contributed by atoms with Crippen LogP contribution in [0.15, 0.2) is 78.9 Å². The number of benzene rings is 3. The van der Waals surface area contributed by atoms with E-state index in [9.17, 15) is 14.0 Å². The van der Waals surface area contributed by atoms with Crippen molar-refractivity contribution >= 4 is 41.0 Å². The Balaban J connectivity index is 1.81. The van der Waals surface area contributed by atoms with Crippen molar-refractivity contribution in [2.45, 2.75) is 25.1 Å². The number of carbonyl (C=O) groups excluding carboxylic acids is 2. The van der Waals surface area contributed by atoms with E-state index < -0.39 is 0 Å². The van der Waals surface area contributed by atoms with Gasteiger partial charge in [-0.3, -0.25) is 14.5 Å². The number of aromatic nitrogens is 2. The van der Waals surface area contributed by atoms with Crippen LogP contribution in [0.2, 0.25) is 5.02 Å². The summed E-state index contributed by atoms with van der Waals surface area (Å²) in [4.78, 5) is 28.1. The third-order valence-corrected chi connectivity index (χ3v) is 7.73. The van der Waals surface area contributed by atoms with Crippen LogP contribution < -0.4 is 10.2 Å². The number of carbonyl (C=O) groups is 2. The fourth-order valence-corrected chi connectivity index (χ4v) is 6.08. The number of nitrogens with one attached hydrogen (secondary N) is 1. The first-order chi connectivity index (χ1) is 18.3. The normalized spacial score (nSPS) is 15.3. The van der Waals surface area contributed by atoms with Gasteiger partial charge < -0.3 is 5.32 Å². The van der Waals surface area contributed by atoms with Gasteiger partial charge in [-0.25, -0.2) is 9.07 Å². The largest absolute Gasteiger partial charge is 0.352 e. The summed E-state index contributed by atoms with van der Waals surface area (Å²) in [5.74, 6) is -0.295. The predicted octanol–water partition coefficient (Wildman–Crippen LogP) is 6.03. The number of fused-ring (bicyclic) bond motifs is 1. The number of hydrogen-bond donors (Lipinski definition) is 1. The molecule has 1 atom stereocenters. The molecule has 0 fully saturated rings. The van der Waals surface area contributed by atoms with Gasteiger partial charge in [0.25, 0.3) is 0 Å². The van der Waals surface area contributed by atoms with E-state index in [0.29, 0.717) is 22.2 Å². The molecule has 1 N–H and O–H groups in total. The van der Waals surface area contributed by atoms with E-state index in [1.807, 2.05) is 68.4 Å². The highest BCUT2D eigenvalue weighted by atomic mass is 35.5. The maximum absolute atomic E-state index is 13.9. The smallest absolute Gasteiger partial charge is 0.240 e. The minimum Gasteiger partial charge on any atom is -0.352 e. The van der Waals surface area contributed by atoms with Gasteiger partial charge in [0, 0.05) is 22.2 Å². The topological polar surface area (TPSA) is 67.2 Å². The number of thioether (sulfide) groups is 1. The van der Waals surface area contributed by atoms with Gasteiger partial charge in [-0.2, -0.15) is 5.10 Å². The molecule has 1 aliphatic heterocycles. The summed E-state index contributed by atoms with van der Waals surface area (Å²) in [6.45, 7) is 3.56. The summed E-state index contributed by atoms with van der Waals surface area (Å²) >= 11 is 8.13. The Bertz CT molecular complexity index is 1470.